The summed E-state index contributed by atoms with van der Waals surface area (Å²) in [6.45, 7) is 6.94. The minimum absolute atomic E-state index is 0.211. The molecule has 2 aromatic rings. The highest BCUT2D eigenvalue weighted by Gasteiger charge is 2.34. The van der Waals surface area contributed by atoms with E-state index < -0.39 is 10.0 Å². The van der Waals surface area contributed by atoms with Crippen LogP contribution in [-0.4, -0.2) is 54.2 Å². The third-order valence-electron chi connectivity index (χ3n) is 3.88. The summed E-state index contributed by atoms with van der Waals surface area (Å²) in [4.78, 5) is 7.58. The van der Waals surface area contributed by atoms with Crippen molar-refractivity contribution in [2.24, 2.45) is 0 Å². The summed E-state index contributed by atoms with van der Waals surface area (Å²) in [5.41, 5.74) is 1.72. The van der Waals surface area contributed by atoms with E-state index in [1.165, 1.54) is 4.31 Å². The summed E-state index contributed by atoms with van der Waals surface area (Å²) in [6.07, 6.45) is 0.623. The number of rotatable bonds is 4. The van der Waals surface area contributed by atoms with E-state index in [1.54, 1.807) is 13.8 Å². The van der Waals surface area contributed by atoms with Crippen molar-refractivity contribution in [1.82, 2.24) is 19.4 Å². The zero-order chi connectivity index (χ0) is 16.6. The molecule has 1 fully saturated rings. The molecule has 0 aliphatic carbocycles. The molecule has 126 valence electrons. The van der Waals surface area contributed by atoms with Crippen LogP contribution < -0.4 is 0 Å². The lowest BCUT2D eigenvalue weighted by atomic mass is 10.2. The first-order valence-electron chi connectivity index (χ1n) is 7.55. The Hall–Kier alpha value is -1.71. The van der Waals surface area contributed by atoms with E-state index in [-0.39, 0.29) is 10.8 Å². The Morgan fingerprint density at radius 1 is 1.22 bits per heavy atom. The lowest BCUT2D eigenvalue weighted by molar-refractivity contribution is 0.0730. The SMILES string of the molecule is CCc1noc(-c2c(C)[nH]c(C)c2S(=O)(=O)N2CCOCC2)n1. The van der Waals surface area contributed by atoms with Crippen molar-refractivity contribution in [1.29, 1.82) is 0 Å². The van der Waals surface area contributed by atoms with Crippen LogP contribution in [0.25, 0.3) is 11.5 Å². The highest BCUT2D eigenvalue weighted by atomic mass is 32.2. The number of morpholine rings is 1. The summed E-state index contributed by atoms with van der Waals surface area (Å²) in [6, 6.07) is 0. The van der Waals surface area contributed by atoms with Crippen LogP contribution >= 0.6 is 0 Å². The van der Waals surface area contributed by atoms with Gasteiger partial charge in [-0.2, -0.15) is 9.29 Å². The summed E-state index contributed by atoms with van der Waals surface area (Å²) >= 11 is 0. The van der Waals surface area contributed by atoms with E-state index in [9.17, 15) is 8.42 Å². The van der Waals surface area contributed by atoms with Crippen molar-refractivity contribution in [3.05, 3.63) is 17.2 Å². The minimum atomic E-state index is -3.65. The average molecular weight is 340 g/mol. The number of aryl methyl sites for hydroxylation is 3. The monoisotopic (exact) mass is 340 g/mol. The molecule has 1 aliphatic heterocycles. The molecule has 3 heterocycles. The van der Waals surface area contributed by atoms with Gasteiger partial charge in [-0.1, -0.05) is 12.1 Å². The normalized spacial score (nSPS) is 16.8. The van der Waals surface area contributed by atoms with E-state index in [0.29, 0.717) is 55.5 Å². The fourth-order valence-electron chi connectivity index (χ4n) is 2.75. The number of aromatic nitrogens is 3. The summed E-state index contributed by atoms with van der Waals surface area (Å²) in [7, 11) is -3.65. The summed E-state index contributed by atoms with van der Waals surface area (Å²) in [5, 5.41) is 3.87. The molecule has 3 rings (SSSR count). The smallest absolute Gasteiger partial charge is 0.261 e. The summed E-state index contributed by atoms with van der Waals surface area (Å²) in [5.74, 6) is 0.781. The Morgan fingerprint density at radius 2 is 1.91 bits per heavy atom. The molecule has 0 aromatic carbocycles. The molecule has 0 spiro atoms. The van der Waals surface area contributed by atoms with Crippen molar-refractivity contribution in [2.75, 3.05) is 26.3 Å². The predicted molar refractivity (Wildman–Crippen MR) is 82.5 cm³/mol. The molecule has 0 radical (unpaired) electrons. The van der Waals surface area contributed by atoms with Gasteiger partial charge in [-0.3, -0.25) is 0 Å². The second-order valence-electron chi connectivity index (χ2n) is 5.46. The number of nitrogens with one attached hydrogen (secondary N) is 1. The minimum Gasteiger partial charge on any atom is -0.379 e. The number of aromatic amines is 1. The number of ether oxygens (including phenoxy) is 1. The second kappa shape index (κ2) is 6.06. The number of hydrogen-bond donors (Lipinski definition) is 1. The van der Waals surface area contributed by atoms with Crippen LogP contribution in [0.3, 0.4) is 0 Å². The first-order chi connectivity index (χ1) is 10.9. The van der Waals surface area contributed by atoms with Crippen molar-refractivity contribution in [2.45, 2.75) is 32.1 Å². The maximum absolute atomic E-state index is 13.1. The Morgan fingerprint density at radius 3 is 2.52 bits per heavy atom. The van der Waals surface area contributed by atoms with Gasteiger partial charge in [0.1, 0.15) is 4.90 Å². The summed E-state index contributed by atoms with van der Waals surface area (Å²) < 4.78 is 38.1. The van der Waals surface area contributed by atoms with Crippen LogP contribution in [-0.2, 0) is 21.2 Å². The Bertz CT molecular complexity index is 803. The van der Waals surface area contributed by atoms with Gasteiger partial charge in [0, 0.05) is 30.9 Å². The predicted octanol–water partition coefficient (Wildman–Crippen LogP) is 1.26. The van der Waals surface area contributed by atoms with Crippen LogP contribution in [0, 0.1) is 13.8 Å². The molecular weight excluding hydrogens is 320 g/mol. The first kappa shape index (κ1) is 16.2. The maximum atomic E-state index is 13.1. The zero-order valence-corrected chi connectivity index (χ0v) is 14.2. The molecule has 2 aromatic heterocycles. The van der Waals surface area contributed by atoms with Gasteiger partial charge in [0.2, 0.25) is 10.0 Å². The zero-order valence-electron chi connectivity index (χ0n) is 13.4. The van der Waals surface area contributed by atoms with Crippen molar-refractivity contribution >= 4 is 10.0 Å². The fraction of sp³-hybridized carbons (Fsp3) is 0.571. The largest absolute Gasteiger partial charge is 0.379 e. The molecule has 1 N–H and O–H groups in total. The molecule has 0 bridgehead atoms. The molecule has 0 unspecified atom stereocenters. The van der Waals surface area contributed by atoms with Gasteiger partial charge in [0.05, 0.1) is 18.8 Å². The standard InChI is InChI=1S/C14H20N4O4S/c1-4-11-16-14(22-17-11)12-9(2)15-10(3)13(12)23(19,20)18-5-7-21-8-6-18/h15H,4-8H2,1-3H3. The van der Waals surface area contributed by atoms with Crippen molar-refractivity contribution < 1.29 is 17.7 Å². The molecule has 1 saturated heterocycles. The third kappa shape index (κ3) is 2.79. The van der Waals surface area contributed by atoms with Gasteiger partial charge in [0.25, 0.3) is 5.89 Å². The van der Waals surface area contributed by atoms with Gasteiger partial charge < -0.3 is 14.2 Å². The van der Waals surface area contributed by atoms with Gasteiger partial charge >= 0.3 is 0 Å². The molecular formula is C14H20N4O4S. The Kier molecular flexibility index (Phi) is 4.26. The quantitative estimate of drug-likeness (QED) is 0.899. The topological polar surface area (TPSA) is 101 Å². The lowest BCUT2D eigenvalue weighted by Gasteiger charge is -2.26. The third-order valence-corrected chi connectivity index (χ3v) is 5.95. The van der Waals surface area contributed by atoms with E-state index in [4.69, 9.17) is 9.26 Å². The molecule has 1 aliphatic rings. The highest BCUT2D eigenvalue weighted by molar-refractivity contribution is 7.89. The van der Waals surface area contributed by atoms with E-state index in [0.717, 1.165) is 0 Å². The van der Waals surface area contributed by atoms with Crippen LogP contribution in [0.5, 0.6) is 0 Å². The van der Waals surface area contributed by atoms with Gasteiger partial charge in [-0.25, -0.2) is 8.42 Å². The highest BCUT2D eigenvalue weighted by Crippen LogP contribution is 2.34. The number of nitrogens with zero attached hydrogens (tertiary/aromatic N) is 3. The molecule has 0 atom stereocenters. The Balaban J connectivity index is 2.12. The first-order valence-corrected chi connectivity index (χ1v) is 8.99. The lowest BCUT2D eigenvalue weighted by Crippen LogP contribution is -2.40. The molecule has 23 heavy (non-hydrogen) atoms. The number of hydrogen-bond acceptors (Lipinski definition) is 6. The molecule has 0 amide bonds. The van der Waals surface area contributed by atoms with E-state index >= 15 is 0 Å². The average Bonchev–Trinajstić information content (AvgIpc) is 3.12. The van der Waals surface area contributed by atoms with E-state index in [2.05, 4.69) is 15.1 Å². The maximum Gasteiger partial charge on any atom is 0.261 e. The molecule has 0 saturated carbocycles. The van der Waals surface area contributed by atoms with Gasteiger partial charge in [-0.15, -0.1) is 0 Å². The Labute approximate surface area is 134 Å². The van der Waals surface area contributed by atoms with Gasteiger partial charge in [-0.05, 0) is 13.8 Å². The number of H-pyrrole nitrogens is 1. The van der Waals surface area contributed by atoms with E-state index in [1.807, 2.05) is 6.92 Å². The van der Waals surface area contributed by atoms with Gasteiger partial charge in [0.15, 0.2) is 5.82 Å². The van der Waals surface area contributed by atoms with Crippen molar-refractivity contribution in [3.63, 3.8) is 0 Å². The van der Waals surface area contributed by atoms with Crippen molar-refractivity contribution in [3.8, 4) is 11.5 Å². The molecule has 9 heteroatoms. The fourth-order valence-corrected chi connectivity index (χ4v) is 4.58. The van der Waals surface area contributed by atoms with Crippen LogP contribution in [0.2, 0.25) is 0 Å². The van der Waals surface area contributed by atoms with Crippen LogP contribution in [0.15, 0.2) is 9.42 Å². The van der Waals surface area contributed by atoms with Crippen LogP contribution in [0.4, 0.5) is 0 Å². The van der Waals surface area contributed by atoms with Crippen LogP contribution in [0.1, 0.15) is 24.1 Å². The second-order valence-corrected chi connectivity index (χ2v) is 7.34. The number of sulfonamides is 1. The molecule has 8 nitrogen and oxygen atoms in total.